The molecule has 118 valence electrons. The van der Waals surface area contributed by atoms with Crippen LogP contribution >= 0.6 is 0 Å². The number of nitrogens with one attached hydrogen (secondary N) is 1. The number of ether oxygens (including phenoxy) is 1. The lowest BCUT2D eigenvalue weighted by atomic mass is 10.1. The third-order valence-corrected chi connectivity index (χ3v) is 2.91. The van der Waals surface area contributed by atoms with Crippen LogP contribution < -0.4 is 5.32 Å². The Morgan fingerprint density at radius 1 is 1.40 bits per heavy atom. The van der Waals surface area contributed by atoms with Gasteiger partial charge >= 0.3 is 6.09 Å². The van der Waals surface area contributed by atoms with E-state index in [1.54, 1.807) is 11.9 Å². The van der Waals surface area contributed by atoms with Crippen molar-refractivity contribution in [2.75, 3.05) is 20.1 Å². The van der Waals surface area contributed by atoms with Gasteiger partial charge in [-0.05, 0) is 53.0 Å². The second-order valence-corrected chi connectivity index (χ2v) is 6.64. The summed E-state index contributed by atoms with van der Waals surface area (Å²) in [5.74, 6) is 0.388. The van der Waals surface area contributed by atoms with Gasteiger partial charge in [-0.2, -0.15) is 0 Å². The van der Waals surface area contributed by atoms with Crippen molar-refractivity contribution in [3.8, 4) is 0 Å². The molecule has 0 bridgehead atoms. The molecule has 0 spiro atoms. The van der Waals surface area contributed by atoms with Crippen LogP contribution in [-0.4, -0.2) is 42.8 Å². The van der Waals surface area contributed by atoms with Crippen molar-refractivity contribution in [2.24, 2.45) is 5.92 Å². The van der Waals surface area contributed by atoms with E-state index in [4.69, 9.17) is 4.74 Å². The lowest BCUT2D eigenvalue weighted by Gasteiger charge is -2.27. The second kappa shape index (κ2) is 9.01. The fraction of sp³-hybridized carbons (Fsp3) is 0.812. The number of carbonyl (C=O) groups is 1. The monoisotopic (exact) mass is 284 g/mol. The van der Waals surface area contributed by atoms with Crippen LogP contribution in [0.15, 0.2) is 12.7 Å². The van der Waals surface area contributed by atoms with Crippen molar-refractivity contribution >= 4 is 6.09 Å². The lowest BCUT2D eigenvalue weighted by Crippen LogP contribution is -2.39. The molecular weight excluding hydrogens is 252 g/mol. The molecule has 0 aliphatic rings. The summed E-state index contributed by atoms with van der Waals surface area (Å²) in [6.45, 7) is 15.3. The number of allylic oxidation sites excluding steroid dienone is 1. The van der Waals surface area contributed by atoms with Crippen LogP contribution in [0.4, 0.5) is 4.79 Å². The van der Waals surface area contributed by atoms with Crippen LogP contribution in [0.25, 0.3) is 0 Å². The maximum Gasteiger partial charge on any atom is 0.410 e. The average Bonchev–Trinajstić information content (AvgIpc) is 2.31. The van der Waals surface area contributed by atoms with Gasteiger partial charge in [0, 0.05) is 19.6 Å². The van der Waals surface area contributed by atoms with E-state index >= 15 is 0 Å². The highest BCUT2D eigenvalue weighted by molar-refractivity contribution is 5.67. The molecule has 2 atom stereocenters. The van der Waals surface area contributed by atoms with Crippen LogP contribution in [0.5, 0.6) is 0 Å². The fourth-order valence-corrected chi connectivity index (χ4v) is 1.82. The zero-order chi connectivity index (χ0) is 15.8. The van der Waals surface area contributed by atoms with Gasteiger partial charge in [0.2, 0.25) is 0 Å². The Balaban J connectivity index is 3.98. The van der Waals surface area contributed by atoms with E-state index < -0.39 is 5.60 Å². The molecule has 1 N–H and O–H groups in total. The summed E-state index contributed by atoms with van der Waals surface area (Å²) >= 11 is 0. The smallest absolute Gasteiger partial charge is 0.410 e. The third-order valence-electron chi connectivity index (χ3n) is 2.91. The molecule has 0 rings (SSSR count). The van der Waals surface area contributed by atoms with E-state index in [1.807, 2.05) is 26.8 Å². The summed E-state index contributed by atoms with van der Waals surface area (Å²) in [5.41, 5.74) is -0.438. The summed E-state index contributed by atoms with van der Waals surface area (Å²) in [6, 6.07) is 0.474. The van der Waals surface area contributed by atoms with Crippen molar-refractivity contribution in [1.29, 1.82) is 0 Å². The van der Waals surface area contributed by atoms with Crippen LogP contribution in [0.1, 0.15) is 47.5 Å². The summed E-state index contributed by atoms with van der Waals surface area (Å²) < 4.78 is 5.33. The van der Waals surface area contributed by atoms with Crippen molar-refractivity contribution in [1.82, 2.24) is 10.2 Å². The molecule has 1 amide bonds. The van der Waals surface area contributed by atoms with E-state index in [9.17, 15) is 4.79 Å². The predicted molar refractivity (Wildman–Crippen MR) is 84.9 cm³/mol. The van der Waals surface area contributed by atoms with Gasteiger partial charge in [-0.3, -0.25) is 0 Å². The van der Waals surface area contributed by atoms with Crippen molar-refractivity contribution < 1.29 is 9.53 Å². The second-order valence-electron chi connectivity index (χ2n) is 6.64. The Labute approximate surface area is 124 Å². The van der Waals surface area contributed by atoms with Crippen molar-refractivity contribution in [3.05, 3.63) is 12.7 Å². The number of amides is 1. The van der Waals surface area contributed by atoms with E-state index in [2.05, 4.69) is 25.7 Å². The Kier molecular flexibility index (Phi) is 8.54. The first kappa shape index (κ1) is 19.0. The maximum absolute atomic E-state index is 11.8. The van der Waals surface area contributed by atoms with Crippen LogP contribution in [0.3, 0.4) is 0 Å². The largest absolute Gasteiger partial charge is 0.444 e. The molecule has 4 heteroatoms. The van der Waals surface area contributed by atoms with Gasteiger partial charge in [-0.25, -0.2) is 4.79 Å². The van der Waals surface area contributed by atoms with Gasteiger partial charge in [0.05, 0.1) is 0 Å². The Morgan fingerprint density at radius 2 is 2.00 bits per heavy atom. The zero-order valence-corrected chi connectivity index (χ0v) is 14.0. The van der Waals surface area contributed by atoms with E-state index in [-0.39, 0.29) is 6.09 Å². The minimum absolute atomic E-state index is 0.260. The summed E-state index contributed by atoms with van der Waals surface area (Å²) in [4.78, 5) is 13.5. The van der Waals surface area contributed by atoms with E-state index in [1.165, 1.54) is 0 Å². The molecule has 0 saturated carbocycles. The summed E-state index contributed by atoms with van der Waals surface area (Å²) in [5, 5.41) is 3.48. The maximum atomic E-state index is 11.8. The number of rotatable bonds is 8. The molecule has 0 fully saturated rings. The zero-order valence-electron chi connectivity index (χ0n) is 14.0. The van der Waals surface area contributed by atoms with Gasteiger partial charge in [0.25, 0.3) is 0 Å². The van der Waals surface area contributed by atoms with Gasteiger partial charge < -0.3 is 15.0 Å². The van der Waals surface area contributed by atoms with Crippen molar-refractivity contribution in [3.63, 3.8) is 0 Å². The highest BCUT2D eigenvalue weighted by Crippen LogP contribution is 2.10. The molecule has 0 aliphatic carbocycles. The molecule has 0 saturated heterocycles. The molecule has 0 aromatic heterocycles. The highest BCUT2D eigenvalue weighted by atomic mass is 16.6. The molecule has 20 heavy (non-hydrogen) atoms. The molecule has 0 heterocycles. The van der Waals surface area contributed by atoms with Gasteiger partial charge in [0.1, 0.15) is 5.60 Å². The molecule has 2 unspecified atom stereocenters. The van der Waals surface area contributed by atoms with Crippen molar-refractivity contribution in [2.45, 2.75) is 59.1 Å². The Morgan fingerprint density at radius 3 is 2.50 bits per heavy atom. The molecule has 0 radical (unpaired) electrons. The topological polar surface area (TPSA) is 41.6 Å². The lowest BCUT2D eigenvalue weighted by molar-refractivity contribution is 0.0276. The number of carbonyl (C=O) groups excluding carboxylic acids is 1. The first-order valence-electron chi connectivity index (χ1n) is 7.44. The predicted octanol–water partition coefficient (Wildman–Crippen LogP) is 3.43. The average molecular weight is 284 g/mol. The Bertz CT molecular complexity index is 297. The number of nitrogens with zero attached hydrogens (tertiary/aromatic N) is 1. The first-order chi connectivity index (χ1) is 9.15. The van der Waals surface area contributed by atoms with E-state index in [0.717, 1.165) is 19.4 Å². The van der Waals surface area contributed by atoms with Crippen LogP contribution in [0.2, 0.25) is 0 Å². The number of hydrogen-bond acceptors (Lipinski definition) is 3. The first-order valence-corrected chi connectivity index (χ1v) is 7.44. The molecule has 4 nitrogen and oxygen atoms in total. The number of hydrogen-bond donors (Lipinski definition) is 1. The minimum Gasteiger partial charge on any atom is -0.444 e. The summed E-state index contributed by atoms with van der Waals surface area (Å²) in [6.07, 6.45) is 3.81. The van der Waals surface area contributed by atoms with Gasteiger partial charge in [-0.1, -0.05) is 13.0 Å². The molecular formula is C16H32N2O2. The Hall–Kier alpha value is -1.03. The normalized spacial score (nSPS) is 14.5. The standard InChI is InChI=1S/C16H32N2O2/c1-8-9-10-14(3)17-11-13(2)12-18(7)15(19)20-16(4,5)6/h8,13-14,17H,1,9-12H2,2-7H3. The quantitative estimate of drug-likeness (QED) is 0.694. The molecule has 0 aromatic carbocycles. The van der Waals surface area contributed by atoms with Gasteiger partial charge in [0.15, 0.2) is 0 Å². The third kappa shape index (κ3) is 9.84. The van der Waals surface area contributed by atoms with Gasteiger partial charge in [-0.15, -0.1) is 6.58 Å². The molecule has 0 aromatic rings. The van der Waals surface area contributed by atoms with Crippen LogP contribution in [-0.2, 0) is 4.74 Å². The molecule has 0 aliphatic heterocycles. The van der Waals surface area contributed by atoms with E-state index in [0.29, 0.717) is 18.5 Å². The summed E-state index contributed by atoms with van der Waals surface area (Å²) in [7, 11) is 1.78. The van der Waals surface area contributed by atoms with Crippen LogP contribution in [0, 0.1) is 5.92 Å². The fourth-order valence-electron chi connectivity index (χ4n) is 1.82. The minimum atomic E-state index is -0.438. The highest BCUT2D eigenvalue weighted by Gasteiger charge is 2.20. The SMILES string of the molecule is C=CCCC(C)NCC(C)CN(C)C(=O)OC(C)(C)C.